The standard InChI is InChI=1S/C12H17ClS/c13-12(11-5-6-11)4-2-1-3-10-7-8-14-9-10/h7-9,11-12H,1-6H2. The molecule has 1 aromatic heterocycles. The Morgan fingerprint density at radius 1 is 1.43 bits per heavy atom. The average Bonchev–Trinajstić information content (AvgIpc) is 2.92. The first kappa shape index (κ1) is 10.5. The van der Waals surface area contributed by atoms with E-state index in [1.54, 1.807) is 11.3 Å². The Labute approximate surface area is 95.3 Å². The summed E-state index contributed by atoms with van der Waals surface area (Å²) in [5.41, 5.74) is 1.49. The van der Waals surface area contributed by atoms with Crippen molar-refractivity contribution in [3.63, 3.8) is 0 Å². The van der Waals surface area contributed by atoms with E-state index in [2.05, 4.69) is 16.8 Å². The smallest absolute Gasteiger partial charge is 0.0364 e. The van der Waals surface area contributed by atoms with Gasteiger partial charge in [-0.15, -0.1) is 11.6 Å². The molecule has 0 spiro atoms. The van der Waals surface area contributed by atoms with Gasteiger partial charge in [-0.2, -0.15) is 11.3 Å². The summed E-state index contributed by atoms with van der Waals surface area (Å²) in [4.78, 5) is 0. The van der Waals surface area contributed by atoms with E-state index in [0.717, 1.165) is 5.92 Å². The summed E-state index contributed by atoms with van der Waals surface area (Å²) in [5, 5.41) is 4.88. The lowest BCUT2D eigenvalue weighted by Gasteiger charge is -2.06. The van der Waals surface area contributed by atoms with Gasteiger partial charge in [-0.3, -0.25) is 0 Å². The van der Waals surface area contributed by atoms with Crippen LogP contribution in [-0.2, 0) is 6.42 Å². The number of unbranched alkanes of at least 4 members (excludes halogenated alkanes) is 1. The third-order valence-corrected chi connectivity index (χ3v) is 4.22. The zero-order valence-electron chi connectivity index (χ0n) is 8.42. The molecule has 2 rings (SSSR count). The Balaban J connectivity index is 1.54. The van der Waals surface area contributed by atoms with E-state index in [9.17, 15) is 0 Å². The van der Waals surface area contributed by atoms with Crippen molar-refractivity contribution >= 4 is 22.9 Å². The molecular weight excluding hydrogens is 212 g/mol. The lowest BCUT2D eigenvalue weighted by Crippen LogP contribution is -2.00. The van der Waals surface area contributed by atoms with Crippen molar-refractivity contribution in [2.24, 2.45) is 5.92 Å². The molecule has 0 aliphatic heterocycles. The zero-order valence-corrected chi connectivity index (χ0v) is 9.99. The van der Waals surface area contributed by atoms with Crippen LogP contribution in [0.5, 0.6) is 0 Å². The molecule has 1 fully saturated rings. The molecule has 0 saturated heterocycles. The Kier molecular flexibility index (Phi) is 3.89. The highest BCUT2D eigenvalue weighted by atomic mass is 35.5. The quantitative estimate of drug-likeness (QED) is 0.498. The SMILES string of the molecule is ClC(CCCCc1ccsc1)C1CC1. The number of alkyl halides is 1. The van der Waals surface area contributed by atoms with Crippen LogP contribution in [0.15, 0.2) is 16.8 Å². The fourth-order valence-corrected chi connectivity index (χ4v) is 2.91. The van der Waals surface area contributed by atoms with Gasteiger partial charge in [0.25, 0.3) is 0 Å². The van der Waals surface area contributed by atoms with Crippen LogP contribution in [0.1, 0.15) is 37.7 Å². The predicted molar refractivity (Wildman–Crippen MR) is 64.2 cm³/mol. The Morgan fingerprint density at radius 3 is 2.93 bits per heavy atom. The molecule has 0 amide bonds. The van der Waals surface area contributed by atoms with Gasteiger partial charge < -0.3 is 0 Å². The van der Waals surface area contributed by atoms with E-state index in [-0.39, 0.29) is 0 Å². The van der Waals surface area contributed by atoms with Crippen molar-refractivity contribution in [1.29, 1.82) is 0 Å². The van der Waals surface area contributed by atoms with E-state index < -0.39 is 0 Å². The van der Waals surface area contributed by atoms with Gasteiger partial charge in [0, 0.05) is 5.38 Å². The molecule has 1 aromatic rings. The van der Waals surface area contributed by atoms with Crippen molar-refractivity contribution in [2.45, 2.75) is 43.9 Å². The molecule has 1 aliphatic rings. The number of halogens is 1. The molecule has 0 nitrogen and oxygen atoms in total. The summed E-state index contributed by atoms with van der Waals surface area (Å²) in [6.45, 7) is 0. The number of hydrogen-bond acceptors (Lipinski definition) is 1. The largest absolute Gasteiger partial charge is 0.152 e. The van der Waals surface area contributed by atoms with Crippen molar-refractivity contribution < 1.29 is 0 Å². The number of thiophene rings is 1. The van der Waals surface area contributed by atoms with Crippen LogP contribution in [0.25, 0.3) is 0 Å². The summed E-state index contributed by atoms with van der Waals surface area (Å²) in [5.74, 6) is 0.859. The average molecular weight is 229 g/mol. The first-order valence-corrected chi connectivity index (χ1v) is 6.89. The lowest BCUT2D eigenvalue weighted by molar-refractivity contribution is 0.611. The first-order chi connectivity index (χ1) is 6.86. The molecule has 0 bridgehead atoms. The second-order valence-corrected chi connectivity index (χ2v) is 5.57. The summed E-state index contributed by atoms with van der Waals surface area (Å²) in [6.07, 6.45) is 7.79. The molecule has 1 unspecified atom stereocenters. The molecule has 0 aromatic carbocycles. The predicted octanol–water partition coefficient (Wildman–Crippen LogP) is 4.48. The summed E-state index contributed by atoms with van der Waals surface area (Å²) in [7, 11) is 0. The maximum absolute atomic E-state index is 6.24. The van der Waals surface area contributed by atoms with Gasteiger partial charge in [-0.05, 0) is 60.4 Å². The molecule has 1 atom stereocenters. The first-order valence-electron chi connectivity index (χ1n) is 5.51. The van der Waals surface area contributed by atoms with Gasteiger partial charge in [-0.1, -0.05) is 6.42 Å². The summed E-state index contributed by atoms with van der Waals surface area (Å²) >= 11 is 8.03. The minimum atomic E-state index is 0.470. The van der Waals surface area contributed by atoms with Crippen LogP contribution in [0, 0.1) is 5.92 Å². The van der Waals surface area contributed by atoms with E-state index in [1.165, 1.54) is 44.1 Å². The lowest BCUT2D eigenvalue weighted by atomic mass is 10.1. The van der Waals surface area contributed by atoms with Crippen molar-refractivity contribution in [2.75, 3.05) is 0 Å². The number of hydrogen-bond donors (Lipinski definition) is 0. The maximum Gasteiger partial charge on any atom is 0.0364 e. The third-order valence-electron chi connectivity index (χ3n) is 2.91. The molecule has 14 heavy (non-hydrogen) atoms. The van der Waals surface area contributed by atoms with Crippen molar-refractivity contribution in [1.82, 2.24) is 0 Å². The minimum absolute atomic E-state index is 0.470. The van der Waals surface area contributed by atoms with Gasteiger partial charge >= 0.3 is 0 Å². The highest BCUT2D eigenvalue weighted by molar-refractivity contribution is 7.07. The minimum Gasteiger partial charge on any atom is -0.152 e. The second-order valence-electron chi connectivity index (χ2n) is 4.23. The van der Waals surface area contributed by atoms with Crippen molar-refractivity contribution in [3.05, 3.63) is 22.4 Å². The van der Waals surface area contributed by atoms with E-state index >= 15 is 0 Å². The highest BCUT2D eigenvalue weighted by Gasteiger charge is 2.28. The molecule has 78 valence electrons. The van der Waals surface area contributed by atoms with Crippen LogP contribution in [0.2, 0.25) is 0 Å². The molecule has 1 heterocycles. The van der Waals surface area contributed by atoms with Gasteiger partial charge in [0.2, 0.25) is 0 Å². The van der Waals surface area contributed by atoms with Crippen LogP contribution < -0.4 is 0 Å². The number of rotatable bonds is 6. The normalized spacial score (nSPS) is 18.4. The molecule has 1 saturated carbocycles. The van der Waals surface area contributed by atoms with E-state index in [0.29, 0.717) is 5.38 Å². The molecule has 1 aliphatic carbocycles. The zero-order chi connectivity index (χ0) is 9.80. The monoisotopic (exact) mass is 228 g/mol. The molecule has 0 N–H and O–H groups in total. The Bertz CT molecular complexity index is 251. The Hall–Kier alpha value is -0.0100. The second kappa shape index (κ2) is 5.18. The van der Waals surface area contributed by atoms with Crippen LogP contribution in [-0.4, -0.2) is 5.38 Å². The third kappa shape index (κ3) is 3.29. The van der Waals surface area contributed by atoms with E-state index in [4.69, 9.17) is 11.6 Å². The van der Waals surface area contributed by atoms with Crippen LogP contribution in [0.3, 0.4) is 0 Å². The van der Waals surface area contributed by atoms with Crippen LogP contribution in [0.4, 0.5) is 0 Å². The molecular formula is C12H17ClS. The number of aryl methyl sites for hydroxylation is 1. The molecule has 0 radical (unpaired) electrons. The summed E-state index contributed by atoms with van der Waals surface area (Å²) in [6, 6.07) is 2.23. The van der Waals surface area contributed by atoms with Crippen molar-refractivity contribution in [3.8, 4) is 0 Å². The van der Waals surface area contributed by atoms with E-state index in [1.807, 2.05) is 0 Å². The Morgan fingerprint density at radius 2 is 2.29 bits per heavy atom. The van der Waals surface area contributed by atoms with Gasteiger partial charge in [0.1, 0.15) is 0 Å². The topological polar surface area (TPSA) is 0 Å². The van der Waals surface area contributed by atoms with Gasteiger partial charge in [0.05, 0.1) is 0 Å². The highest BCUT2D eigenvalue weighted by Crippen LogP contribution is 2.37. The van der Waals surface area contributed by atoms with Gasteiger partial charge in [0.15, 0.2) is 0 Å². The fraction of sp³-hybridized carbons (Fsp3) is 0.667. The molecule has 2 heteroatoms. The van der Waals surface area contributed by atoms with Crippen LogP contribution >= 0.6 is 22.9 Å². The summed E-state index contributed by atoms with van der Waals surface area (Å²) < 4.78 is 0. The van der Waals surface area contributed by atoms with Gasteiger partial charge in [-0.25, -0.2) is 0 Å². The fourth-order valence-electron chi connectivity index (χ4n) is 1.80. The maximum atomic E-state index is 6.24.